The molecule has 0 spiro atoms. The van der Waals surface area contributed by atoms with Gasteiger partial charge in [0.15, 0.2) is 0 Å². The van der Waals surface area contributed by atoms with Crippen molar-refractivity contribution in [2.24, 2.45) is 5.92 Å². The Morgan fingerprint density at radius 2 is 1.58 bits per heavy atom. The minimum absolute atomic E-state index is 0.0333. The topological polar surface area (TPSA) is 52.7 Å². The summed E-state index contributed by atoms with van der Waals surface area (Å²) in [6.45, 7) is 3.32. The molecule has 1 aromatic rings. The van der Waals surface area contributed by atoms with Gasteiger partial charge < -0.3 is 15.1 Å². The first kappa shape index (κ1) is 16.8. The van der Waals surface area contributed by atoms with E-state index in [-0.39, 0.29) is 11.9 Å². The van der Waals surface area contributed by atoms with Gasteiger partial charge in [0, 0.05) is 38.6 Å². The second-order valence-electron chi connectivity index (χ2n) is 6.79. The van der Waals surface area contributed by atoms with Crippen LogP contribution in [0.25, 0.3) is 0 Å². The maximum atomic E-state index is 12.5. The number of rotatable bonds is 3. The number of nitrogens with one attached hydrogen (secondary N) is 1. The van der Waals surface area contributed by atoms with Crippen LogP contribution in [0.1, 0.15) is 37.7 Å². The summed E-state index contributed by atoms with van der Waals surface area (Å²) in [6, 6.07) is 9.89. The molecule has 2 fully saturated rings. The van der Waals surface area contributed by atoms with Crippen molar-refractivity contribution in [3.8, 4) is 0 Å². The molecule has 2 aliphatic rings. The molecule has 0 bridgehead atoms. The van der Waals surface area contributed by atoms with Gasteiger partial charge in [-0.3, -0.25) is 4.79 Å². The first-order valence-corrected chi connectivity index (χ1v) is 9.09. The van der Waals surface area contributed by atoms with E-state index in [0.717, 1.165) is 37.9 Å². The van der Waals surface area contributed by atoms with Gasteiger partial charge in [0.05, 0.1) is 0 Å². The van der Waals surface area contributed by atoms with Gasteiger partial charge in [-0.25, -0.2) is 4.79 Å². The van der Waals surface area contributed by atoms with Crippen molar-refractivity contribution in [3.05, 3.63) is 35.9 Å². The van der Waals surface area contributed by atoms with Gasteiger partial charge in [0.2, 0.25) is 5.91 Å². The maximum absolute atomic E-state index is 12.5. The molecule has 24 heavy (non-hydrogen) atoms. The van der Waals surface area contributed by atoms with Gasteiger partial charge in [-0.2, -0.15) is 0 Å². The Hall–Kier alpha value is -2.04. The Morgan fingerprint density at radius 3 is 2.33 bits per heavy atom. The second-order valence-corrected chi connectivity index (χ2v) is 6.79. The minimum Gasteiger partial charge on any atom is -0.341 e. The third-order valence-corrected chi connectivity index (χ3v) is 5.09. The lowest BCUT2D eigenvalue weighted by molar-refractivity contribution is -0.135. The molecule has 1 aliphatic heterocycles. The Kier molecular flexibility index (Phi) is 5.72. The molecule has 5 heteroatoms. The number of nitrogens with zero attached hydrogens (tertiary/aromatic N) is 2. The molecular weight excluding hydrogens is 302 g/mol. The number of carbonyl (C=O) groups excluding carboxylic acids is 2. The summed E-state index contributed by atoms with van der Waals surface area (Å²) in [6.07, 6.45) is 5.29. The van der Waals surface area contributed by atoms with Crippen molar-refractivity contribution in [2.45, 2.75) is 38.6 Å². The fourth-order valence-electron chi connectivity index (χ4n) is 3.66. The first-order valence-electron chi connectivity index (χ1n) is 9.09. The van der Waals surface area contributed by atoms with Gasteiger partial charge >= 0.3 is 6.03 Å². The number of amides is 3. The smallest absolute Gasteiger partial charge is 0.317 e. The van der Waals surface area contributed by atoms with Crippen LogP contribution in [0.3, 0.4) is 0 Å². The highest BCUT2D eigenvalue weighted by Gasteiger charge is 2.29. The van der Waals surface area contributed by atoms with Crippen LogP contribution in [0.5, 0.6) is 0 Å². The molecule has 3 amide bonds. The lowest BCUT2D eigenvalue weighted by Gasteiger charge is -2.24. The number of carbonyl (C=O) groups is 2. The summed E-state index contributed by atoms with van der Waals surface area (Å²) >= 11 is 0. The third-order valence-electron chi connectivity index (χ3n) is 5.09. The fraction of sp³-hybridized carbons (Fsp3) is 0.579. The summed E-state index contributed by atoms with van der Waals surface area (Å²) in [4.78, 5) is 28.7. The van der Waals surface area contributed by atoms with E-state index in [0.29, 0.717) is 25.5 Å². The van der Waals surface area contributed by atoms with E-state index in [1.54, 1.807) is 0 Å². The highest BCUT2D eigenvalue weighted by Crippen LogP contribution is 2.26. The highest BCUT2D eigenvalue weighted by atomic mass is 16.2. The number of benzene rings is 1. The fourth-order valence-corrected chi connectivity index (χ4v) is 3.66. The summed E-state index contributed by atoms with van der Waals surface area (Å²) < 4.78 is 0. The molecule has 0 atom stereocenters. The van der Waals surface area contributed by atoms with E-state index in [1.807, 2.05) is 40.1 Å². The third kappa shape index (κ3) is 4.28. The molecule has 5 nitrogen and oxygen atoms in total. The molecule has 0 unspecified atom stereocenters. The van der Waals surface area contributed by atoms with Crippen molar-refractivity contribution in [3.63, 3.8) is 0 Å². The van der Waals surface area contributed by atoms with E-state index in [2.05, 4.69) is 5.32 Å². The molecule has 130 valence electrons. The van der Waals surface area contributed by atoms with Crippen molar-refractivity contribution < 1.29 is 9.59 Å². The van der Waals surface area contributed by atoms with Crippen LogP contribution >= 0.6 is 0 Å². The predicted molar refractivity (Wildman–Crippen MR) is 93.4 cm³/mol. The maximum Gasteiger partial charge on any atom is 0.317 e. The molecule has 1 N–H and O–H groups in total. The largest absolute Gasteiger partial charge is 0.341 e. The van der Waals surface area contributed by atoms with E-state index in [1.165, 1.54) is 12.8 Å². The molecule has 1 saturated carbocycles. The van der Waals surface area contributed by atoms with Gasteiger partial charge in [-0.15, -0.1) is 0 Å². The van der Waals surface area contributed by atoms with Crippen molar-refractivity contribution in [1.29, 1.82) is 0 Å². The van der Waals surface area contributed by atoms with E-state index in [9.17, 15) is 9.59 Å². The normalized spacial score (nSPS) is 19.2. The number of hydrogen-bond acceptors (Lipinski definition) is 2. The molecule has 1 aliphatic carbocycles. The lowest BCUT2D eigenvalue weighted by Crippen LogP contribution is -2.43. The zero-order valence-corrected chi connectivity index (χ0v) is 14.2. The molecule has 1 heterocycles. The van der Waals surface area contributed by atoms with E-state index >= 15 is 0 Å². The van der Waals surface area contributed by atoms with Gasteiger partial charge in [-0.05, 0) is 24.8 Å². The number of hydrogen-bond donors (Lipinski definition) is 1. The monoisotopic (exact) mass is 329 g/mol. The SMILES string of the molecule is O=C(NCc1ccccc1)N1CCCN(C(=O)C2CCCC2)CC1. The molecule has 1 saturated heterocycles. The van der Waals surface area contributed by atoms with Crippen LogP contribution in [0, 0.1) is 5.92 Å². The van der Waals surface area contributed by atoms with Crippen LogP contribution < -0.4 is 5.32 Å². The summed E-state index contributed by atoms with van der Waals surface area (Å²) in [5.41, 5.74) is 1.10. The average molecular weight is 329 g/mol. The molecule has 3 rings (SSSR count). The van der Waals surface area contributed by atoms with Gasteiger partial charge in [0.25, 0.3) is 0 Å². The van der Waals surface area contributed by atoms with Crippen LogP contribution in [-0.4, -0.2) is 47.9 Å². The Bertz CT molecular complexity index is 555. The van der Waals surface area contributed by atoms with Crippen molar-refractivity contribution in [1.82, 2.24) is 15.1 Å². The minimum atomic E-state index is -0.0333. The average Bonchev–Trinajstić information content (AvgIpc) is 3.04. The Morgan fingerprint density at radius 1 is 0.917 bits per heavy atom. The van der Waals surface area contributed by atoms with Crippen LogP contribution in [-0.2, 0) is 11.3 Å². The van der Waals surface area contributed by atoms with Crippen molar-refractivity contribution in [2.75, 3.05) is 26.2 Å². The zero-order chi connectivity index (χ0) is 16.8. The lowest BCUT2D eigenvalue weighted by atomic mass is 10.1. The standard InChI is InChI=1S/C19H27N3O2/c23-18(17-9-4-5-10-17)21-11-6-12-22(14-13-21)19(24)20-15-16-7-2-1-3-8-16/h1-3,7-8,17H,4-6,9-15H2,(H,20,24). The second kappa shape index (κ2) is 8.18. The molecule has 0 radical (unpaired) electrons. The predicted octanol–water partition coefficient (Wildman–Crippen LogP) is 2.62. The van der Waals surface area contributed by atoms with Gasteiger partial charge in [-0.1, -0.05) is 43.2 Å². The number of urea groups is 1. The first-order chi connectivity index (χ1) is 11.7. The van der Waals surface area contributed by atoms with Gasteiger partial charge in [0.1, 0.15) is 0 Å². The highest BCUT2D eigenvalue weighted by molar-refractivity contribution is 5.79. The Labute approximate surface area is 144 Å². The Balaban J connectivity index is 1.47. The molecule has 1 aromatic carbocycles. The van der Waals surface area contributed by atoms with Crippen LogP contribution in [0.15, 0.2) is 30.3 Å². The summed E-state index contributed by atoms with van der Waals surface area (Å²) in [5, 5.41) is 2.98. The van der Waals surface area contributed by atoms with Crippen molar-refractivity contribution >= 4 is 11.9 Å². The van der Waals surface area contributed by atoms with Crippen LogP contribution in [0.2, 0.25) is 0 Å². The quantitative estimate of drug-likeness (QED) is 0.927. The van der Waals surface area contributed by atoms with Crippen LogP contribution in [0.4, 0.5) is 4.79 Å². The molecule has 0 aromatic heterocycles. The zero-order valence-electron chi connectivity index (χ0n) is 14.2. The summed E-state index contributed by atoms with van der Waals surface area (Å²) in [7, 11) is 0. The summed E-state index contributed by atoms with van der Waals surface area (Å²) in [5.74, 6) is 0.530. The molecular formula is C19H27N3O2. The van der Waals surface area contributed by atoms with E-state index < -0.39 is 0 Å². The van der Waals surface area contributed by atoms with E-state index in [4.69, 9.17) is 0 Å².